The topological polar surface area (TPSA) is 142 Å². The molecule has 0 radical (unpaired) electrons. The number of fused-ring (bicyclic) bond motifs is 3. The van der Waals surface area contributed by atoms with Crippen LogP contribution in [0.2, 0.25) is 0 Å². The van der Waals surface area contributed by atoms with Crippen LogP contribution in [0, 0.1) is 5.92 Å². The standard InChI is InChI=1S/C21H27N3O3.C3H5NO3S/c1-13(2)9-21(4,22)12-27-16-5-6-17-18-8-20(24-14(3)25)23-10-15(18)11-26-19(17)7-16;1-3-2-7-8(5,6)4-3/h5-8,10,13H,9,11-12,22H2,1-4H3,(H,23,24,25);2H2,1H3/t21-;/m0./s1. The van der Waals surface area contributed by atoms with E-state index in [1.165, 1.54) is 6.92 Å². The van der Waals surface area contributed by atoms with E-state index < -0.39 is 10.3 Å². The van der Waals surface area contributed by atoms with Gasteiger partial charge in [-0.3, -0.25) is 4.79 Å². The van der Waals surface area contributed by atoms with Gasteiger partial charge in [0.2, 0.25) is 5.91 Å². The molecule has 3 heterocycles. The second-order valence-corrected chi connectivity index (χ2v) is 10.7. The van der Waals surface area contributed by atoms with Crippen molar-refractivity contribution < 1.29 is 26.9 Å². The van der Waals surface area contributed by atoms with Crippen LogP contribution in [0.4, 0.5) is 5.82 Å². The predicted octanol–water partition coefficient (Wildman–Crippen LogP) is 3.46. The summed E-state index contributed by atoms with van der Waals surface area (Å²) >= 11 is 0. The first-order valence-electron chi connectivity index (χ1n) is 11.2. The van der Waals surface area contributed by atoms with E-state index >= 15 is 0 Å². The number of ether oxygens (including phenoxy) is 2. The molecule has 0 unspecified atom stereocenters. The Labute approximate surface area is 206 Å². The molecule has 10 nitrogen and oxygen atoms in total. The molecule has 2 aromatic rings. The van der Waals surface area contributed by atoms with Crippen molar-refractivity contribution >= 4 is 27.7 Å². The first-order chi connectivity index (χ1) is 16.3. The van der Waals surface area contributed by atoms with Crippen molar-refractivity contribution in [2.45, 2.75) is 53.2 Å². The average molecular weight is 505 g/mol. The summed E-state index contributed by atoms with van der Waals surface area (Å²) in [6.07, 6.45) is 2.63. The number of nitrogens with one attached hydrogen (secondary N) is 1. The zero-order valence-electron chi connectivity index (χ0n) is 20.6. The number of carbonyl (C=O) groups is 1. The number of amides is 1. The van der Waals surface area contributed by atoms with Gasteiger partial charge in [0, 0.05) is 35.9 Å². The fourth-order valence-electron chi connectivity index (χ4n) is 3.83. The molecule has 1 amide bonds. The van der Waals surface area contributed by atoms with Crippen LogP contribution in [0.15, 0.2) is 34.9 Å². The number of benzene rings is 1. The lowest BCUT2D eigenvalue weighted by Gasteiger charge is -2.27. The lowest BCUT2D eigenvalue weighted by atomic mass is 9.93. The van der Waals surface area contributed by atoms with Crippen LogP contribution < -0.4 is 20.5 Å². The molecule has 2 aliphatic heterocycles. The zero-order chi connectivity index (χ0) is 25.8. The smallest absolute Gasteiger partial charge is 0.381 e. The maximum Gasteiger partial charge on any atom is 0.381 e. The molecular formula is C24H32N4O6S. The van der Waals surface area contributed by atoms with Crippen LogP contribution >= 0.6 is 0 Å². The third-order valence-corrected chi connectivity index (χ3v) is 6.00. The second-order valence-electron chi connectivity index (χ2n) is 9.41. The Kier molecular flexibility index (Phi) is 8.14. The lowest BCUT2D eigenvalue weighted by molar-refractivity contribution is -0.114. The van der Waals surface area contributed by atoms with E-state index in [1.54, 1.807) is 13.1 Å². The summed E-state index contributed by atoms with van der Waals surface area (Å²) in [5.74, 6) is 2.38. The van der Waals surface area contributed by atoms with Crippen molar-refractivity contribution in [3.8, 4) is 22.6 Å². The van der Waals surface area contributed by atoms with Crippen molar-refractivity contribution in [3.63, 3.8) is 0 Å². The van der Waals surface area contributed by atoms with Crippen LogP contribution in [0.3, 0.4) is 0 Å². The van der Waals surface area contributed by atoms with Crippen LogP contribution in [0.5, 0.6) is 11.5 Å². The second kappa shape index (κ2) is 10.7. The van der Waals surface area contributed by atoms with Gasteiger partial charge in [-0.15, -0.1) is 4.40 Å². The highest BCUT2D eigenvalue weighted by Crippen LogP contribution is 2.40. The number of rotatable bonds is 6. The first kappa shape index (κ1) is 26.6. The molecule has 3 N–H and O–H groups in total. The quantitative estimate of drug-likeness (QED) is 0.609. The molecule has 190 valence electrons. The summed E-state index contributed by atoms with van der Waals surface area (Å²) in [6.45, 7) is 10.4. The summed E-state index contributed by atoms with van der Waals surface area (Å²) in [5, 5.41) is 2.72. The van der Waals surface area contributed by atoms with Crippen LogP contribution in [-0.2, 0) is 25.9 Å². The number of pyridine rings is 1. The van der Waals surface area contributed by atoms with Crippen LogP contribution in [-0.4, -0.2) is 43.8 Å². The van der Waals surface area contributed by atoms with Gasteiger partial charge >= 0.3 is 10.3 Å². The van der Waals surface area contributed by atoms with E-state index in [2.05, 4.69) is 32.7 Å². The van der Waals surface area contributed by atoms with E-state index in [9.17, 15) is 13.2 Å². The normalized spacial score (nSPS) is 17.1. The number of hydrogen-bond donors (Lipinski definition) is 2. The number of anilines is 1. The average Bonchev–Trinajstić information content (AvgIpc) is 3.07. The highest BCUT2D eigenvalue weighted by molar-refractivity contribution is 7.85. The Morgan fingerprint density at radius 2 is 2.00 bits per heavy atom. The van der Waals surface area contributed by atoms with Crippen molar-refractivity contribution in [2.24, 2.45) is 16.0 Å². The van der Waals surface area contributed by atoms with Gasteiger partial charge in [-0.05, 0) is 49.9 Å². The summed E-state index contributed by atoms with van der Waals surface area (Å²) in [7, 11) is -3.51. The SMILES string of the molecule is CC(=O)Nc1cc2c(cn1)COc1cc(OC[C@@](C)(N)CC(C)C)ccc1-2.CC1=NS(=O)(=O)OC1. The number of hydrogen-bond acceptors (Lipinski definition) is 8. The lowest BCUT2D eigenvalue weighted by Crippen LogP contribution is -2.43. The summed E-state index contributed by atoms with van der Waals surface area (Å²) < 4.78 is 39.7. The molecular weight excluding hydrogens is 472 g/mol. The highest BCUT2D eigenvalue weighted by atomic mass is 32.2. The largest absolute Gasteiger partial charge is 0.492 e. The van der Waals surface area contributed by atoms with Gasteiger partial charge < -0.3 is 20.5 Å². The predicted molar refractivity (Wildman–Crippen MR) is 134 cm³/mol. The van der Waals surface area contributed by atoms with Crippen molar-refractivity contribution in [1.29, 1.82) is 0 Å². The maximum absolute atomic E-state index is 11.3. The molecule has 1 atom stereocenters. The molecule has 35 heavy (non-hydrogen) atoms. The molecule has 0 fully saturated rings. The van der Waals surface area contributed by atoms with E-state index in [-0.39, 0.29) is 18.1 Å². The minimum absolute atomic E-state index is 0.113. The number of nitrogens with two attached hydrogens (primary N) is 1. The first-order valence-corrected chi connectivity index (χ1v) is 12.6. The molecule has 0 saturated heterocycles. The van der Waals surface area contributed by atoms with E-state index in [4.69, 9.17) is 15.2 Å². The van der Waals surface area contributed by atoms with Crippen molar-refractivity contribution in [2.75, 3.05) is 18.5 Å². The van der Waals surface area contributed by atoms with Crippen molar-refractivity contribution in [1.82, 2.24) is 4.98 Å². The minimum Gasteiger partial charge on any atom is -0.492 e. The summed E-state index contributed by atoms with van der Waals surface area (Å²) in [6, 6.07) is 7.65. The molecule has 1 aromatic heterocycles. The van der Waals surface area contributed by atoms with Crippen LogP contribution in [0.1, 0.15) is 46.6 Å². The van der Waals surface area contributed by atoms with Gasteiger partial charge in [-0.1, -0.05) is 13.8 Å². The Morgan fingerprint density at radius 1 is 1.26 bits per heavy atom. The molecule has 1 aromatic carbocycles. The Balaban J connectivity index is 0.000000363. The molecule has 0 bridgehead atoms. The molecule has 4 rings (SSSR count). The van der Waals surface area contributed by atoms with E-state index in [0.717, 1.165) is 34.6 Å². The molecule has 11 heteroatoms. The summed E-state index contributed by atoms with van der Waals surface area (Å²) in [4.78, 5) is 15.5. The highest BCUT2D eigenvalue weighted by Gasteiger charge is 2.23. The Hall–Kier alpha value is -3.02. The Bertz CT molecular complexity index is 1220. The molecule has 2 aliphatic rings. The van der Waals surface area contributed by atoms with Gasteiger partial charge in [0.1, 0.15) is 37.1 Å². The molecule has 0 saturated carbocycles. The van der Waals surface area contributed by atoms with Crippen molar-refractivity contribution in [3.05, 3.63) is 36.0 Å². The Morgan fingerprint density at radius 3 is 2.57 bits per heavy atom. The number of aromatic nitrogens is 1. The maximum atomic E-state index is 11.3. The minimum atomic E-state index is -3.51. The van der Waals surface area contributed by atoms with Gasteiger partial charge in [-0.25, -0.2) is 9.17 Å². The fourth-order valence-corrected chi connectivity index (χ4v) is 4.64. The van der Waals surface area contributed by atoms with Gasteiger partial charge in [0.25, 0.3) is 0 Å². The van der Waals surface area contributed by atoms with Gasteiger partial charge in [0.15, 0.2) is 0 Å². The monoisotopic (exact) mass is 504 g/mol. The fraction of sp³-hybridized carbons (Fsp3) is 0.458. The molecule has 0 aliphatic carbocycles. The van der Waals surface area contributed by atoms with Gasteiger partial charge in [0.05, 0.1) is 5.71 Å². The third kappa shape index (κ3) is 7.74. The van der Waals surface area contributed by atoms with Crippen LogP contribution in [0.25, 0.3) is 11.1 Å². The number of carbonyl (C=O) groups excluding carboxylic acids is 1. The van der Waals surface area contributed by atoms with Gasteiger partial charge in [-0.2, -0.15) is 8.42 Å². The number of nitrogens with zero attached hydrogens (tertiary/aromatic N) is 2. The molecule has 0 spiro atoms. The van der Waals surface area contributed by atoms with E-state index in [1.807, 2.05) is 31.2 Å². The zero-order valence-corrected chi connectivity index (χ0v) is 21.4. The summed E-state index contributed by atoms with van der Waals surface area (Å²) in [5.41, 5.74) is 9.39. The third-order valence-electron chi connectivity index (χ3n) is 5.04. The van der Waals surface area contributed by atoms with E-state index in [0.29, 0.717) is 30.7 Å².